The second kappa shape index (κ2) is 12.8. The van der Waals surface area contributed by atoms with Crippen molar-refractivity contribution in [3.05, 3.63) is 207 Å². The minimum Gasteiger partial charge on any atom is -0.456 e. The lowest BCUT2D eigenvalue weighted by Crippen LogP contribution is -1.97. The monoisotopic (exact) mass is 752 g/mol. The molecule has 0 bridgehead atoms. The maximum absolute atomic E-state index is 6.20. The Labute approximate surface area is 340 Å². The fourth-order valence-corrected chi connectivity index (χ4v) is 9.69. The Morgan fingerprint density at radius 3 is 1.54 bits per heavy atom. The van der Waals surface area contributed by atoms with E-state index in [1.807, 2.05) is 12.1 Å². The lowest BCUT2D eigenvalue weighted by Gasteiger charge is -2.12. The van der Waals surface area contributed by atoms with Crippen molar-refractivity contribution in [3.8, 4) is 44.8 Å². The molecule has 59 heavy (non-hydrogen) atoms. The van der Waals surface area contributed by atoms with E-state index >= 15 is 0 Å². The Bertz CT molecular complexity index is 3640. The zero-order valence-electron chi connectivity index (χ0n) is 32.2. The van der Waals surface area contributed by atoms with Crippen LogP contribution in [0.3, 0.4) is 0 Å². The summed E-state index contributed by atoms with van der Waals surface area (Å²) in [6.45, 7) is 6.72. The van der Waals surface area contributed by atoms with E-state index in [2.05, 4.69) is 192 Å². The summed E-state index contributed by atoms with van der Waals surface area (Å²) in [5.74, 6) is 0. The SMILES string of the molecule is C=CC=C.c1ccc2c(c1)-c1cccc3c1c-2cc1c3c2cc(-c3ccc4oc5ccccc5c4c3)ccc2n1-c1ccc(-n2c3ccccc3c3ccccc32)cc1. The van der Waals surface area contributed by atoms with Gasteiger partial charge in [-0.05, 0) is 117 Å². The Balaban J connectivity index is 0.000000905. The van der Waals surface area contributed by atoms with Crippen LogP contribution in [0.2, 0.25) is 0 Å². The zero-order chi connectivity index (χ0) is 39.2. The number of fused-ring (bicyclic) bond motifs is 13. The Hall–Kier alpha value is -7.88. The third-order valence-electron chi connectivity index (χ3n) is 12.2. The first-order valence-electron chi connectivity index (χ1n) is 20.1. The molecular formula is C56H36N2O. The number of allylic oxidation sites excluding steroid dienone is 2. The second-order valence-corrected chi connectivity index (χ2v) is 15.3. The van der Waals surface area contributed by atoms with Crippen molar-refractivity contribution < 1.29 is 4.42 Å². The number of aromatic nitrogens is 2. The molecule has 3 aromatic heterocycles. The minimum atomic E-state index is 0.913. The van der Waals surface area contributed by atoms with E-state index in [0.717, 1.165) is 33.3 Å². The standard InChI is InChI=1S/C52H30N2O.C4H6/c1-2-11-36-35(10-1)40-15-9-16-41-51(40)43(36)30-48-52(41)44-29-31(32-21-27-50-42(28-32)39-14-5-8-19-49(39)55-50)20-26-47(44)54(48)34-24-22-33(23-25-34)53-45-17-6-3-12-37(45)38-13-4-7-18-46(38)53;1-3-4-2/h1-30H;3-4H,1-2H2. The third kappa shape index (κ3) is 4.82. The summed E-state index contributed by atoms with van der Waals surface area (Å²) < 4.78 is 11.1. The lowest BCUT2D eigenvalue weighted by molar-refractivity contribution is 0.669. The lowest BCUT2D eigenvalue weighted by atomic mass is 9.96. The van der Waals surface area contributed by atoms with E-state index in [4.69, 9.17) is 4.42 Å². The number of furan rings is 1. The van der Waals surface area contributed by atoms with Crippen LogP contribution in [0.4, 0.5) is 0 Å². The van der Waals surface area contributed by atoms with Crippen molar-refractivity contribution >= 4 is 76.3 Å². The fourth-order valence-electron chi connectivity index (χ4n) is 9.69. The summed E-state index contributed by atoms with van der Waals surface area (Å²) in [6.07, 6.45) is 3.28. The molecule has 3 heteroatoms. The molecule has 0 spiro atoms. The normalized spacial score (nSPS) is 11.9. The van der Waals surface area contributed by atoms with Gasteiger partial charge in [-0.25, -0.2) is 0 Å². The number of rotatable bonds is 4. The average Bonchev–Trinajstić information content (AvgIpc) is 4.03. The van der Waals surface area contributed by atoms with Crippen LogP contribution in [0.5, 0.6) is 0 Å². The fraction of sp³-hybridized carbons (Fsp3) is 0. The Kier molecular flexibility index (Phi) is 7.23. The van der Waals surface area contributed by atoms with Crippen molar-refractivity contribution in [1.29, 1.82) is 0 Å². The molecule has 13 rings (SSSR count). The molecule has 3 heterocycles. The summed E-state index contributed by atoms with van der Waals surface area (Å²) in [4.78, 5) is 0. The first kappa shape index (κ1) is 33.3. The molecule has 0 amide bonds. The van der Waals surface area contributed by atoms with Gasteiger partial charge in [0.15, 0.2) is 0 Å². The van der Waals surface area contributed by atoms with Gasteiger partial charge in [-0.15, -0.1) is 0 Å². The summed E-state index contributed by atoms with van der Waals surface area (Å²) in [5.41, 5.74) is 16.5. The van der Waals surface area contributed by atoms with E-state index < -0.39 is 0 Å². The van der Waals surface area contributed by atoms with E-state index in [-0.39, 0.29) is 0 Å². The van der Waals surface area contributed by atoms with Crippen LogP contribution in [0, 0.1) is 0 Å². The largest absolute Gasteiger partial charge is 0.456 e. The third-order valence-corrected chi connectivity index (χ3v) is 12.2. The molecule has 12 aromatic rings. The smallest absolute Gasteiger partial charge is 0.135 e. The van der Waals surface area contributed by atoms with Gasteiger partial charge < -0.3 is 13.6 Å². The average molecular weight is 753 g/mol. The van der Waals surface area contributed by atoms with Crippen molar-refractivity contribution in [2.45, 2.75) is 0 Å². The van der Waals surface area contributed by atoms with Crippen LogP contribution in [-0.2, 0) is 0 Å². The molecule has 0 aliphatic heterocycles. The maximum atomic E-state index is 6.20. The van der Waals surface area contributed by atoms with Gasteiger partial charge in [0, 0.05) is 43.7 Å². The number of hydrogen-bond acceptors (Lipinski definition) is 1. The molecule has 1 aliphatic rings. The molecule has 0 radical (unpaired) electrons. The minimum absolute atomic E-state index is 0.913. The molecule has 1 aliphatic carbocycles. The molecule has 0 fully saturated rings. The summed E-state index contributed by atoms with van der Waals surface area (Å²) in [6, 6.07) is 66.6. The van der Waals surface area contributed by atoms with Gasteiger partial charge in [-0.3, -0.25) is 0 Å². The molecule has 0 atom stereocenters. The maximum Gasteiger partial charge on any atom is 0.135 e. The van der Waals surface area contributed by atoms with Gasteiger partial charge in [-0.1, -0.05) is 135 Å². The van der Waals surface area contributed by atoms with Crippen LogP contribution in [0.25, 0.3) is 121 Å². The van der Waals surface area contributed by atoms with Crippen LogP contribution >= 0.6 is 0 Å². The quantitative estimate of drug-likeness (QED) is 0.164. The van der Waals surface area contributed by atoms with Gasteiger partial charge in [0.25, 0.3) is 0 Å². The molecular weight excluding hydrogens is 717 g/mol. The van der Waals surface area contributed by atoms with Crippen LogP contribution < -0.4 is 0 Å². The number of para-hydroxylation sites is 3. The highest BCUT2D eigenvalue weighted by Crippen LogP contribution is 2.51. The molecule has 0 saturated heterocycles. The first-order chi connectivity index (χ1) is 29.2. The van der Waals surface area contributed by atoms with Gasteiger partial charge in [0.2, 0.25) is 0 Å². The molecule has 9 aromatic carbocycles. The molecule has 3 nitrogen and oxygen atoms in total. The van der Waals surface area contributed by atoms with Crippen molar-refractivity contribution in [2.24, 2.45) is 0 Å². The highest BCUT2D eigenvalue weighted by molar-refractivity contribution is 6.29. The van der Waals surface area contributed by atoms with Crippen LogP contribution in [-0.4, -0.2) is 9.13 Å². The summed E-state index contributed by atoms with van der Waals surface area (Å²) in [5, 5.41) is 9.99. The summed E-state index contributed by atoms with van der Waals surface area (Å²) >= 11 is 0. The van der Waals surface area contributed by atoms with Crippen molar-refractivity contribution in [3.63, 3.8) is 0 Å². The van der Waals surface area contributed by atoms with E-state index in [1.165, 1.54) is 87.8 Å². The first-order valence-corrected chi connectivity index (χ1v) is 20.1. The van der Waals surface area contributed by atoms with Gasteiger partial charge in [0.1, 0.15) is 11.2 Å². The summed E-state index contributed by atoms with van der Waals surface area (Å²) in [7, 11) is 0. The predicted octanol–water partition coefficient (Wildman–Crippen LogP) is 15.6. The number of nitrogens with zero attached hydrogens (tertiary/aromatic N) is 2. The zero-order valence-corrected chi connectivity index (χ0v) is 32.2. The van der Waals surface area contributed by atoms with Gasteiger partial charge in [-0.2, -0.15) is 0 Å². The van der Waals surface area contributed by atoms with E-state index in [9.17, 15) is 0 Å². The van der Waals surface area contributed by atoms with Crippen LogP contribution in [0.15, 0.2) is 212 Å². The highest BCUT2D eigenvalue weighted by Gasteiger charge is 2.26. The van der Waals surface area contributed by atoms with E-state index in [0.29, 0.717) is 0 Å². The predicted molar refractivity (Wildman–Crippen MR) is 250 cm³/mol. The molecule has 0 N–H and O–H groups in total. The second-order valence-electron chi connectivity index (χ2n) is 15.3. The van der Waals surface area contributed by atoms with Crippen molar-refractivity contribution in [2.75, 3.05) is 0 Å². The van der Waals surface area contributed by atoms with Gasteiger partial charge in [0.05, 0.1) is 22.1 Å². The molecule has 276 valence electrons. The highest BCUT2D eigenvalue weighted by atomic mass is 16.3. The Morgan fingerprint density at radius 1 is 0.339 bits per heavy atom. The Morgan fingerprint density at radius 2 is 0.847 bits per heavy atom. The molecule has 0 unspecified atom stereocenters. The van der Waals surface area contributed by atoms with Gasteiger partial charge >= 0.3 is 0 Å². The van der Waals surface area contributed by atoms with E-state index in [1.54, 1.807) is 12.2 Å². The van der Waals surface area contributed by atoms with Crippen molar-refractivity contribution in [1.82, 2.24) is 9.13 Å². The van der Waals surface area contributed by atoms with Crippen LogP contribution in [0.1, 0.15) is 0 Å². The topological polar surface area (TPSA) is 23.0 Å². The number of benzene rings is 9. The number of hydrogen-bond donors (Lipinski definition) is 0. The molecule has 0 saturated carbocycles.